The second-order valence-corrected chi connectivity index (χ2v) is 8.43. The van der Waals surface area contributed by atoms with Gasteiger partial charge in [0.1, 0.15) is 0 Å². The summed E-state index contributed by atoms with van der Waals surface area (Å²) in [4.78, 5) is 0.478. The van der Waals surface area contributed by atoms with Crippen LogP contribution in [-0.4, -0.2) is 60.2 Å². The molecule has 3 fully saturated rings. The first-order valence-corrected chi connectivity index (χ1v) is 8.91. The lowest BCUT2D eigenvalue weighted by Gasteiger charge is -2.39. The Labute approximate surface area is 117 Å². The smallest absolute Gasteiger partial charge is 0.282 e. The Morgan fingerprint density at radius 2 is 1.61 bits per heavy atom. The third-order valence-corrected chi connectivity index (χ3v) is 7.07. The van der Waals surface area contributed by atoms with Crippen LogP contribution in [0.5, 0.6) is 0 Å². The Bertz CT molecular complexity index is 397. The van der Waals surface area contributed by atoms with E-state index in [1.807, 2.05) is 0 Å². The van der Waals surface area contributed by atoms with Crippen molar-refractivity contribution >= 4 is 26.1 Å². The number of morpholine rings is 1. The van der Waals surface area contributed by atoms with Gasteiger partial charge in [-0.05, 0) is 25.7 Å². The quantitative estimate of drug-likeness (QED) is 0.704. The molecule has 3 aliphatic rings. The summed E-state index contributed by atoms with van der Waals surface area (Å²) in [6.45, 7) is 2.03. The van der Waals surface area contributed by atoms with Crippen LogP contribution in [0.4, 0.5) is 0 Å². The van der Waals surface area contributed by atoms with Gasteiger partial charge in [0.25, 0.3) is 10.2 Å². The van der Waals surface area contributed by atoms with Crippen molar-refractivity contribution in [1.82, 2.24) is 8.61 Å². The molecule has 0 spiro atoms. The van der Waals surface area contributed by atoms with Crippen LogP contribution in [0.15, 0.2) is 0 Å². The molecule has 3 heterocycles. The number of rotatable bonds is 2. The van der Waals surface area contributed by atoms with Gasteiger partial charge in [-0.25, -0.2) is 0 Å². The molecule has 2 atom stereocenters. The van der Waals surface area contributed by atoms with Crippen molar-refractivity contribution in [2.24, 2.45) is 0 Å². The van der Waals surface area contributed by atoms with Crippen LogP contribution < -0.4 is 0 Å². The molecule has 7 heteroatoms. The normalized spacial score (nSPS) is 39.1. The standard InChI is InChI=1S/C11H19BrN2O3S/c12-9-7-10-1-2-11(8-9)14(10)18(15,16)13-3-5-17-6-4-13/h9-11H,1-8H2. The summed E-state index contributed by atoms with van der Waals surface area (Å²) in [7, 11) is -3.28. The zero-order valence-corrected chi connectivity index (χ0v) is 12.7. The van der Waals surface area contributed by atoms with Gasteiger partial charge in [-0.1, -0.05) is 15.9 Å². The van der Waals surface area contributed by atoms with Crippen LogP contribution in [0.2, 0.25) is 0 Å². The van der Waals surface area contributed by atoms with Crippen molar-refractivity contribution in [3.63, 3.8) is 0 Å². The summed E-state index contributed by atoms with van der Waals surface area (Å²) in [5.41, 5.74) is 0. The van der Waals surface area contributed by atoms with E-state index in [9.17, 15) is 8.42 Å². The molecule has 18 heavy (non-hydrogen) atoms. The Hall–Kier alpha value is 0.310. The fraction of sp³-hybridized carbons (Fsp3) is 1.00. The fourth-order valence-electron chi connectivity index (χ4n) is 3.35. The van der Waals surface area contributed by atoms with Crippen molar-refractivity contribution in [1.29, 1.82) is 0 Å². The molecule has 3 saturated heterocycles. The van der Waals surface area contributed by atoms with Gasteiger partial charge in [0, 0.05) is 30.0 Å². The van der Waals surface area contributed by atoms with Crippen LogP contribution >= 0.6 is 15.9 Å². The zero-order chi connectivity index (χ0) is 12.8. The molecule has 104 valence electrons. The van der Waals surface area contributed by atoms with Gasteiger partial charge in [0.2, 0.25) is 0 Å². The number of halogens is 1. The Morgan fingerprint density at radius 3 is 2.17 bits per heavy atom. The van der Waals surface area contributed by atoms with E-state index in [-0.39, 0.29) is 12.1 Å². The molecule has 0 radical (unpaired) electrons. The van der Waals surface area contributed by atoms with Gasteiger partial charge in [-0.2, -0.15) is 17.0 Å². The van der Waals surface area contributed by atoms with E-state index in [4.69, 9.17) is 4.74 Å². The first-order valence-electron chi connectivity index (χ1n) is 6.59. The lowest BCUT2D eigenvalue weighted by atomic mass is 10.1. The maximum absolute atomic E-state index is 12.7. The number of ether oxygens (including phenoxy) is 1. The average Bonchev–Trinajstić information content (AvgIpc) is 2.64. The number of fused-ring (bicyclic) bond motifs is 2. The van der Waals surface area contributed by atoms with Crippen LogP contribution in [0.25, 0.3) is 0 Å². The van der Waals surface area contributed by atoms with Gasteiger partial charge in [-0.15, -0.1) is 0 Å². The van der Waals surface area contributed by atoms with E-state index >= 15 is 0 Å². The van der Waals surface area contributed by atoms with Crippen LogP contribution in [0, 0.1) is 0 Å². The minimum Gasteiger partial charge on any atom is -0.379 e. The van der Waals surface area contributed by atoms with Gasteiger partial charge in [-0.3, -0.25) is 0 Å². The van der Waals surface area contributed by atoms with E-state index in [1.54, 1.807) is 8.61 Å². The molecule has 0 aromatic carbocycles. The van der Waals surface area contributed by atoms with Crippen molar-refractivity contribution in [2.75, 3.05) is 26.3 Å². The van der Waals surface area contributed by atoms with E-state index in [0.29, 0.717) is 31.1 Å². The maximum atomic E-state index is 12.7. The van der Waals surface area contributed by atoms with E-state index < -0.39 is 10.2 Å². The molecule has 0 aromatic rings. The molecule has 0 aliphatic carbocycles. The number of alkyl halides is 1. The van der Waals surface area contributed by atoms with E-state index in [2.05, 4.69) is 15.9 Å². The van der Waals surface area contributed by atoms with Gasteiger partial charge < -0.3 is 4.74 Å². The first kappa shape index (κ1) is 13.3. The topological polar surface area (TPSA) is 49.9 Å². The summed E-state index contributed by atoms with van der Waals surface area (Å²) in [5.74, 6) is 0. The van der Waals surface area contributed by atoms with Crippen LogP contribution in [0.3, 0.4) is 0 Å². The van der Waals surface area contributed by atoms with Crippen LogP contribution in [-0.2, 0) is 14.9 Å². The lowest BCUT2D eigenvalue weighted by molar-refractivity contribution is 0.0680. The molecule has 3 aliphatic heterocycles. The predicted molar refractivity (Wildman–Crippen MR) is 71.9 cm³/mol. The molecule has 0 N–H and O–H groups in total. The third-order valence-electron chi connectivity index (χ3n) is 4.17. The molecule has 0 amide bonds. The second kappa shape index (κ2) is 5.01. The molecule has 0 saturated carbocycles. The summed E-state index contributed by atoms with van der Waals surface area (Å²) in [6, 6.07) is 0.391. The van der Waals surface area contributed by atoms with E-state index in [1.165, 1.54) is 0 Å². The van der Waals surface area contributed by atoms with Crippen molar-refractivity contribution in [3.8, 4) is 0 Å². The molecular weight excluding hydrogens is 320 g/mol. The van der Waals surface area contributed by atoms with Crippen molar-refractivity contribution < 1.29 is 13.2 Å². The first-order chi connectivity index (χ1) is 8.59. The Balaban J connectivity index is 1.81. The molecular formula is C11H19BrN2O3S. The second-order valence-electron chi connectivity index (χ2n) is 5.30. The average molecular weight is 339 g/mol. The zero-order valence-electron chi connectivity index (χ0n) is 10.3. The monoisotopic (exact) mass is 338 g/mol. The maximum Gasteiger partial charge on any atom is 0.282 e. The fourth-order valence-corrected chi connectivity index (χ4v) is 6.23. The predicted octanol–water partition coefficient (Wildman–Crippen LogP) is 0.954. The molecule has 2 unspecified atom stereocenters. The largest absolute Gasteiger partial charge is 0.379 e. The molecule has 3 rings (SSSR count). The SMILES string of the molecule is O=S(=O)(N1CCOCC1)N1C2CCC1CC(Br)C2. The lowest BCUT2D eigenvalue weighted by Crippen LogP contribution is -2.54. The summed E-state index contributed by atoms with van der Waals surface area (Å²) < 4.78 is 34.0. The highest BCUT2D eigenvalue weighted by Crippen LogP contribution is 2.40. The van der Waals surface area contributed by atoms with Crippen molar-refractivity contribution in [3.05, 3.63) is 0 Å². The van der Waals surface area contributed by atoms with Gasteiger partial charge in [0.15, 0.2) is 0 Å². The molecule has 0 aromatic heterocycles. The van der Waals surface area contributed by atoms with E-state index in [0.717, 1.165) is 25.7 Å². The highest BCUT2D eigenvalue weighted by atomic mass is 79.9. The van der Waals surface area contributed by atoms with Gasteiger partial charge >= 0.3 is 0 Å². The number of hydrogen-bond donors (Lipinski definition) is 0. The molecule has 2 bridgehead atoms. The summed E-state index contributed by atoms with van der Waals surface area (Å²) in [6.07, 6.45) is 3.91. The summed E-state index contributed by atoms with van der Waals surface area (Å²) >= 11 is 3.64. The highest BCUT2D eigenvalue weighted by Gasteiger charge is 2.48. The number of nitrogens with zero attached hydrogens (tertiary/aromatic N) is 2. The van der Waals surface area contributed by atoms with Crippen LogP contribution in [0.1, 0.15) is 25.7 Å². The minimum atomic E-state index is -3.28. The Kier molecular flexibility index (Phi) is 3.70. The third kappa shape index (κ3) is 2.24. The highest BCUT2D eigenvalue weighted by molar-refractivity contribution is 9.09. The minimum absolute atomic E-state index is 0.195. The van der Waals surface area contributed by atoms with Crippen molar-refractivity contribution in [2.45, 2.75) is 42.6 Å². The Morgan fingerprint density at radius 1 is 1.06 bits per heavy atom. The van der Waals surface area contributed by atoms with Gasteiger partial charge in [0.05, 0.1) is 13.2 Å². The number of piperidine rings is 1. The summed E-state index contributed by atoms with van der Waals surface area (Å²) in [5, 5.41) is 0. The molecule has 5 nitrogen and oxygen atoms in total. The number of hydrogen-bond acceptors (Lipinski definition) is 3.